The monoisotopic (exact) mass is 220 g/mol. The Morgan fingerprint density at radius 2 is 1.62 bits per heavy atom. The third-order valence-electron chi connectivity index (χ3n) is 2.00. The predicted molar refractivity (Wildman–Crippen MR) is 57.8 cm³/mol. The summed E-state index contributed by atoms with van der Waals surface area (Å²) in [6, 6.07) is 7.06. The summed E-state index contributed by atoms with van der Waals surface area (Å²) in [5, 5.41) is 3.94. The van der Waals surface area contributed by atoms with Crippen LogP contribution in [-0.2, 0) is 0 Å². The Hall–Kier alpha value is -2.17. The standard InChI is InChI=1S/C11H12N2O3/c1-14-9-6-10(15-2)8-11(7-9)16-13-5-3-4-12-13/h3-8H,1-2H3. The summed E-state index contributed by atoms with van der Waals surface area (Å²) in [4.78, 5) is 6.80. The molecule has 0 spiro atoms. The van der Waals surface area contributed by atoms with Gasteiger partial charge < -0.3 is 14.3 Å². The van der Waals surface area contributed by atoms with Crippen LogP contribution in [0, 0.1) is 0 Å². The molecule has 0 amide bonds. The molecule has 0 bridgehead atoms. The van der Waals surface area contributed by atoms with E-state index in [1.165, 1.54) is 4.85 Å². The molecule has 0 aliphatic rings. The topological polar surface area (TPSA) is 45.5 Å². The van der Waals surface area contributed by atoms with Crippen LogP contribution in [0.25, 0.3) is 0 Å². The van der Waals surface area contributed by atoms with Crippen molar-refractivity contribution in [3.05, 3.63) is 36.7 Å². The molecule has 1 aromatic carbocycles. The van der Waals surface area contributed by atoms with Crippen LogP contribution in [0.2, 0.25) is 0 Å². The molecular weight excluding hydrogens is 208 g/mol. The number of hydrogen-bond acceptors (Lipinski definition) is 4. The largest absolute Gasteiger partial charge is 0.496 e. The van der Waals surface area contributed by atoms with E-state index in [-0.39, 0.29) is 0 Å². The highest BCUT2D eigenvalue weighted by Gasteiger charge is 2.03. The molecule has 0 atom stereocenters. The third kappa shape index (κ3) is 2.25. The molecule has 1 aromatic heterocycles. The van der Waals surface area contributed by atoms with Crippen molar-refractivity contribution in [3.63, 3.8) is 0 Å². The fraction of sp³-hybridized carbons (Fsp3) is 0.182. The summed E-state index contributed by atoms with van der Waals surface area (Å²) in [6.45, 7) is 0. The van der Waals surface area contributed by atoms with Gasteiger partial charge in [-0.05, 0) is 6.07 Å². The van der Waals surface area contributed by atoms with E-state index in [2.05, 4.69) is 5.10 Å². The van der Waals surface area contributed by atoms with Crippen molar-refractivity contribution >= 4 is 0 Å². The van der Waals surface area contributed by atoms with Gasteiger partial charge in [-0.3, -0.25) is 0 Å². The van der Waals surface area contributed by atoms with E-state index in [1.54, 1.807) is 50.9 Å². The van der Waals surface area contributed by atoms with Gasteiger partial charge in [0.1, 0.15) is 11.5 Å². The second-order valence-electron chi connectivity index (χ2n) is 3.05. The highest BCUT2D eigenvalue weighted by atomic mass is 16.7. The van der Waals surface area contributed by atoms with Gasteiger partial charge >= 0.3 is 0 Å². The second kappa shape index (κ2) is 4.57. The zero-order valence-electron chi connectivity index (χ0n) is 9.08. The number of nitrogens with zero attached hydrogens (tertiary/aromatic N) is 2. The zero-order chi connectivity index (χ0) is 11.4. The van der Waals surface area contributed by atoms with Gasteiger partial charge in [0.05, 0.1) is 26.6 Å². The van der Waals surface area contributed by atoms with Crippen LogP contribution >= 0.6 is 0 Å². The van der Waals surface area contributed by atoms with Gasteiger partial charge in [-0.15, -0.1) is 9.94 Å². The second-order valence-corrected chi connectivity index (χ2v) is 3.05. The van der Waals surface area contributed by atoms with Gasteiger partial charge in [0.15, 0.2) is 5.75 Å². The van der Waals surface area contributed by atoms with Crippen molar-refractivity contribution in [1.82, 2.24) is 9.94 Å². The average Bonchev–Trinajstić information content (AvgIpc) is 2.81. The predicted octanol–water partition coefficient (Wildman–Crippen LogP) is 1.74. The molecule has 84 valence electrons. The lowest BCUT2D eigenvalue weighted by Gasteiger charge is -2.08. The minimum absolute atomic E-state index is 0.597. The molecular formula is C11H12N2O3. The lowest BCUT2D eigenvalue weighted by Crippen LogP contribution is -2.05. The molecule has 2 rings (SSSR count). The van der Waals surface area contributed by atoms with Crippen molar-refractivity contribution in [1.29, 1.82) is 0 Å². The first-order valence-electron chi connectivity index (χ1n) is 4.73. The SMILES string of the molecule is COc1cc(OC)cc(On2cccn2)c1. The minimum Gasteiger partial charge on any atom is -0.496 e. The van der Waals surface area contributed by atoms with Gasteiger partial charge in [-0.1, -0.05) is 0 Å². The van der Waals surface area contributed by atoms with Gasteiger partial charge in [0, 0.05) is 18.2 Å². The molecule has 0 N–H and O–H groups in total. The Morgan fingerprint density at radius 1 is 1.00 bits per heavy atom. The van der Waals surface area contributed by atoms with Crippen LogP contribution < -0.4 is 14.3 Å². The van der Waals surface area contributed by atoms with Gasteiger partial charge in [-0.25, -0.2) is 0 Å². The highest BCUT2D eigenvalue weighted by Crippen LogP contribution is 2.27. The average molecular weight is 220 g/mol. The first-order chi connectivity index (χ1) is 7.81. The molecule has 0 saturated carbocycles. The summed E-state index contributed by atoms with van der Waals surface area (Å²) >= 11 is 0. The van der Waals surface area contributed by atoms with Crippen molar-refractivity contribution < 1.29 is 14.3 Å². The molecule has 0 radical (unpaired) electrons. The molecule has 2 aromatic rings. The third-order valence-corrected chi connectivity index (χ3v) is 2.00. The lowest BCUT2D eigenvalue weighted by molar-refractivity contribution is 0.177. The molecule has 16 heavy (non-hydrogen) atoms. The van der Waals surface area contributed by atoms with Gasteiger partial charge in [0.2, 0.25) is 0 Å². The van der Waals surface area contributed by atoms with Crippen LogP contribution in [0.5, 0.6) is 17.2 Å². The minimum atomic E-state index is 0.597. The van der Waals surface area contributed by atoms with E-state index >= 15 is 0 Å². The smallest absolute Gasteiger partial charge is 0.165 e. The van der Waals surface area contributed by atoms with Crippen molar-refractivity contribution in [3.8, 4) is 17.2 Å². The van der Waals surface area contributed by atoms with Crippen LogP contribution in [0.3, 0.4) is 0 Å². The Labute approximate surface area is 93.1 Å². The molecule has 0 aliphatic carbocycles. The van der Waals surface area contributed by atoms with E-state index in [0.717, 1.165) is 0 Å². The lowest BCUT2D eigenvalue weighted by atomic mass is 10.3. The fourth-order valence-corrected chi connectivity index (χ4v) is 1.25. The first kappa shape index (κ1) is 10.4. The quantitative estimate of drug-likeness (QED) is 0.787. The van der Waals surface area contributed by atoms with E-state index in [9.17, 15) is 0 Å². The Bertz CT molecular complexity index is 432. The summed E-state index contributed by atoms with van der Waals surface area (Å²) < 4.78 is 10.3. The molecule has 0 unspecified atom stereocenters. The number of hydrogen-bond donors (Lipinski definition) is 0. The molecule has 1 heterocycles. The highest BCUT2D eigenvalue weighted by molar-refractivity contribution is 5.41. The molecule has 5 heteroatoms. The van der Waals surface area contributed by atoms with Crippen LogP contribution in [-0.4, -0.2) is 24.2 Å². The maximum absolute atomic E-state index is 5.45. The number of aromatic nitrogens is 2. The van der Waals surface area contributed by atoms with E-state index in [4.69, 9.17) is 14.3 Å². The van der Waals surface area contributed by atoms with E-state index in [1.807, 2.05) is 0 Å². The Morgan fingerprint density at radius 3 is 2.12 bits per heavy atom. The molecule has 0 fully saturated rings. The van der Waals surface area contributed by atoms with Crippen molar-refractivity contribution in [2.75, 3.05) is 14.2 Å². The summed E-state index contributed by atoms with van der Waals surface area (Å²) in [5.74, 6) is 1.93. The Kier molecular flexibility index (Phi) is 2.95. The van der Waals surface area contributed by atoms with Gasteiger partial charge in [0.25, 0.3) is 0 Å². The van der Waals surface area contributed by atoms with E-state index in [0.29, 0.717) is 17.2 Å². The van der Waals surface area contributed by atoms with Crippen molar-refractivity contribution in [2.45, 2.75) is 0 Å². The van der Waals surface area contributed by atoms with Gasteiger partial charge in [-0.2, -0.15) is 0 Å². The number of rotatable bonds is 4. The number of methoxy groups -OCH3 is 2. The van der Waals surface area contributed by atoms with Crippen LogP contribution in [0.4, 0.5) is 0 Å². The number of ether oxygens (including phenoxy) is 2. The maximum Gasteiger partial charge on any atom is 0.165 e. The molecule has 0 aliphatic heterocycles. The summed E-state index contributed by atoms with van der Waals surface area (Å²) in [7, 11) is 3.18. The van der Waals surface area contributed by atoms with E-state index < -0.39 is 0 Å². The maximum atomic E-state index is 5.45. The summed E-state index contributed by atoms with van der Waals surface area (Å²) in [6.07, 6.45) is 3.34. The normalized spacial score (nSPS) is 9.88. The molecule has 5 nitrogen and oxygen atoms in total. The van der Waals surface area contributed by atoms with Crippen LogP contribution in [0.15, 0.2) is 36.7 Å². The van der Waals surface area contributed by atoms with Crippen molar-refractivity contribution in [2.24, 2.45) is 0 Å². The number of benzene rings is 1. The summed E-state index contributed by atoms with van der Waals surface area (Å²) in [5.41, 5.74) is 0. The zero-order valence-corrected chi connectivity index (χ0v) is 9.08. The first-order valence-corrected chi connectivity index (χ1v) is 4.73. The Balaban J connectivity index is 2.26. The van der Waals surface area contributed by atoms with Crippen LogP contribution in [0.1, 0.15) is 0 Å². The fourth-order valence-electron chi connectivity index (χ4n) is 1.25. The molecule has 0 saturated heterocycles.